The number of rotatable bonds is 5. The predicted octanol–water partition coefficient (Wildman–Crippen LogP) is 3.78. The SMILES string of the molecule is CCNC(=O)c1cccc(OCc2ccccc2Br)c1. The first-order valence-corrected chi connectivity index (χ1v) is 7.24. The van der Waals surface area contributed by atoms with Crippen LogP contribution in [0.3, 0.4) is 0 Å². The number of amides is 1. The molecule has 1 amide bonds. The van der Waals surface area contributed by atoms with Gasteiger partial charge < -0.3 is 10.1 Å². The van der Waals surface area contributed by atoms with Crippen molar-refractivity contribution in [2.75, 3.05) is 6.54 Å². The Labute approximate surface area is 127 Å². The van der Waals surface area contributed by atoms with Gasteiger partial charge in [-0.2, -0.15) is 0 Å². The lowest BCUT2D eigenvalue weighted by Gasteiger charge is -2.09. The summed E-state index contributed by atoms with van der Waals surface area (Å²) in [4.78, 5) is 11.8. The lowest BCUT2D eigenvalue weighted by molar-refractivity contribution is 0.0955. The third-order valence-corrected chi connectivity index (χ3v) is 3.56. The van der Waals surface area contributed by atoms with Crippen LogP contribution in [0.4, 0.5) is 0 Å². The molecule has 0 saturated heterocycles. The molecule has 2 rings (SSSR count). The lowest BCUT2D eigenvalue weighted by atomic mass is 10.2. The van der Waals surface area contributed by atoms with E-state index in [9.17, 15) is 4.79 Å². The molecule has 2 aromatic carbocycles. The van der Waals surface area contributed by atoms with Gasteiger partial charge in [0, 0.05) is 22.1 Å². The zero-order valence-electron chi connectivity index (χ0n) is 11.2. The second-order valence-corrected chi connectivity index (χ2v) is 5.12. The summed E-state index contributed by atoms with van der Waals surface area (Å²) in [7, 11) is 0. The summed E-state index contributed by atoms with van der Waals surface area (Å²) in [6, 6.07) is 15.1. The van der Waals surface area contributed by atoms with Crippen molar-refractivity contribution in [3.63, 3.8) is 0 Å². The number of hydrogen-bond donors (Lipinski definition) is 1. The fourth-order valence-electron chi connectivity index (χ4n) is 1.77. The standard InChI is InChI=1S/C16H16BrNO2/c1-2-18-16(19)12-7-5-8-14(10-12)20-11-13-6-3-4-9-15(13)17/h3-10H,2,11H2,1H3,(H,18,19). The zero-order chi connectivity index (χ0) is 14.4. The van der Waals surface area contributed by atoms with E-state index in [0.717, 1.165) is 10.0 Å². The summed E-state index contributed by atoms with van der Waals surface area (Å²) in [5.41, 5.74) is 1.67. The van der Waals surface area contributed by atoms with Crippen molar-refractivity contribution in [2.24, 2.45) is 0 Å². The van der Waals surface area contributed by atoms with Crippen LogP contribution in [0.1, 0.15) is 22.8 Å². The van der Waals surface area contributed by atoms with Gasteiger partial charge in [-0.15, -0.1) is 0 Å². The average molecular weight is 334 g/mol. The minimum absolute atomic E-state index is 0.0844. The maximum atomic E-state index is 11.8. The van der Waals surface area contributed by atoms with Crippen LogP contribution < -0.4 is 10.1 Å². The van der Waals surface area contributed by atoms with E-state index in [2.05, 4.69) is 21.2 Å². The maximum Gasteiger partial charge on any atom is 0.251 e. The van der Waals surface area contributed by atoms with Crippen molar-refractivity contribution in [1.82, 2.24) is 5.32 Å². The molecule has 3 nitrogen and oxygen atoms in total. The molecule has 0 atom stereocenters. The van der Waals surface area contributed by atoms with Crippen LogP contribution in [0.15, 0.2) is 53.0 Å². The molecule has 0 unspecified atom stereocenters. The van der Waals surface area contributed by atoms with E-state index in [0.29, 0.717) is 24.5 Å². The Morgan fingerprint density at radius 2 is 2.00 bits per heavy atom. The first kappa shape index (κ1) is 14.6. The summed E-state index contributed by atoms with van der Waals surface area (Å²) in [5.74, 6) is 0.600. The van der Waals surface area contributed by atoms with Gasteiger partial charge in [0.05, 0.1) is 0 Å². The van der Waals surface area contributed by atoms with Crippen molar-refractivity contribution < 1.29 is 9.53 Å². The molecule has 104 valence electrons. The lowest BCUT2D eigenvalue weighted by Crippen LogP contribution is -2.22. The summed E-state index contributed by atoms with van der Waals surface area (Å²) < 4.78 is 6.75. The second-order valence-electron chi connectivity index (χ2n) is 4.27. The molecule has 0 spiro atoms. The minimum atomic E-state index is -0.0844. The van der Waals surface area contributed by atoms with Crippen LogP contribution in [0.25, 0.3) is 0 Å². The topological polar surface area (TPSA) is 38.3 Å². The Morgan fingerprint density at radius 3 is 2.75 bits per heavy atom. The summed E-state index contributed by atoms with van der Waals surface area (Å²) in [6.45, 7) is 2.96. The molecule has 0 heterocycles. The minimum Gasteiger partial charge on any atom is -0.489 e. The number of carbonyl (C=O) groups excluding carboxylic acids is 1. The molecule has 0 radical (unpaired) electrons. The molecule has 0 saturated carbocycles. The molecule has 0 aliphatic rings. The van der Waals surface area contributed by atoms with Gasteiger partial charge in [0.2, 0.25) is 0 Å². The normalized spacial score (nSPS) is 10.1. The number of ether oxygens (including phenoxy) is 1. The first-order chi connectivity index (χ1) is 9.70. The van der Waals surface area contributed by atoms with Gasteiger partial charge in [-0.05, 0) is 31.2 Å². The van der Waals surface area contributed by atoms with Crippen LogP contribution in [0.2, 0.25) is 0 Å². The highest BCUT2D eigenvalue weighted by atomic mass is 79.9. The van der Waals surface area contributed by atoms with Crippen molar-refractivity contribution in [1.29, 1.82) is 0 Å². The number of carbonyl (C=O) groups is 1. The summed E-state index contributed by atoms with van der Waals surface area (Å²) in [5, 5.41) is 2.77. The van der Waals surface area contributed by atoms with E-state index in [1.54, 1.807) is 12.1 Å². The predicted molar refractivity (Wildman–Crippen MR) is 82.9 cm³/mol. The van der Waals surface area contributed by atoms with E-state index < -0.39 is 0 Å². The molecular formula is C16H16BrNO2. The molecule has 0 fully saturated rings. The monoisotopic (exact) mass is 333 g/mol. The fourth-order valence-corrected chi connectivity index (χ4v) is 2.17. The molecule has 4 heteroatoms. The quantitative estimate of drug-likeness (QED) is 0.904. The fraction of sp³-hybridized carbons (Fsp3) is 0.188. The Morgan fingerprint density at radius 1 is 1.20 bits per heavy atom. The van der Waals surface area contributed by atoms with Crippen LogP contribution in [-0.2, 0) is 6.61 Å². The van der Waals surface area contributed by atoms with Crippen molar-refractivity contribution in [2.45, 2.75) is 13.5 Å². The number of hydrogen-bond acceptors (Lipinski definition) is 2. The Bertz CT molecular complexity index is 599. The van der Waals surface area contributed by atoms with Gasteiger partial charge >= 0.3 is 0 Å². The molecule has 1 N–H and O–H groups in total. The second kappa shape index (κ2) is 7.10. The van der Waals surface area contributed by atoms with Gasteiger partial charge in [0.15, 0.2) is 0 Å². The third-order valence-electron chi connectivity index (χ3n) is 2.79. The Balaban J connectivity index is 2.05. The van der Waals surface area contributed by atoms with Crippen LogP contribution in [0.5, 0.6) is 5.75 Å². The number of halogens is 1. The van der Waals surface area contributed by atoms with E-state index >= 15 is 0 Å². The third kappa shape index (κ3) is 3.84. The molecule has 0 bridgehead atoms. The smallest absolute Gasteiger partial charge is 0.251 e. The first-order valence-electron chi connectivity index (χ1n) is 6.45. The maximum absolute atomic E-state index is 11.8. The van der Waals surface area contributed by atoms with Crippen LogP contribution >= 0.6 is 15.9 Å². The molecule has 2 aromatic rings. The van der Waals surface area contributed by atoms with E-state index in [-0.39, 0.29) is 5.91 Å². The molecular weight excluding hydrogens is 318 g/mol. The van der Waals surface area contributed by atoms with E-state index in [1.807, 2.05) is 43.3 Å². The van der Waals surface area contributed by atoms with Gasteiger partial charge in [0.1, 0.15) is 12.4 Å². The number of benzene rings is 2. The van der Waals surface area contributed by atoms with Crippen molar-refractivity contribution >= 4 is 21.8 Å². The highest BCUT2D eigenvalue weighted by Crippen LogP contribution is 2.19. The summed E-state index contributed by atoms with van der Waals surface area (Å²) >= 11 is 3.48. The van der Waals surface area contributed by atoms with Gasteiger partial charge in [-0.25, -0.2) is 0 Å². The molecule has 0 aromatic heterocycles. The number of nitrogens with one attached hydrogen (secondary N) is 1. The molecule has 0 aliphatic carbocycles. The van der Waals surface area contributed by atoms with Gasteiger partial charge in [-0.1, -0.05) is 40.2 Å². The van der Waals surface area contributed by atoms with E-state index in [1.165, 1.54) is 0 Å². The van der Waals surface area contributed by atoms with Crippen molar-refractivity contribution in [3.8, 4) is 5.75 Å². The molecule has 20 heavy (non-hydrogen) atoms. The van der Waals surface area contributed by atoms with Crippen LogP contribution in [-0.4, -0.2) is 12.5 Å². The Hall–Kier alpha value is -1.81. The highest BCUT2D eigenvalue weighted by molar-refractivity contribution is 9.10. The largest absolute Gasteiger partial charge is 0.489 e. The summed E-state index contributed by atoms with van der Waals surface area (Å²) in [6.07, 6.45) is 0. The van der Waals surface area contributed by atoms with Gasteiger partial charge in [-0.3, -0.25) is 4.79 Å². The Kier molecular flexibility index (Phi) is 5.18. The van der Waals surface area contributed by atoms with Gasteiger partial charge in [0.25, 0.3) is 5.91 Å². The van der Waals surface area contributed by atoms with Crippen LogP contribution in [0, 0.1) is 0 Å². The molecule has 0 aliphatic heterocycles. The highest BCUT2D eigenvalue weighted by Gasteiger charge is 2.06. The van der Waals surface area contributed by atoms with E-state index in [4.69, 9.17) is 4.74 Å². The average Bonchev–Trinajstić information content (AvgIpc) is 2.47. The zero-order valence-corrected chi connectivity index (χ0v) is 12.8. The van der Waals surface area contributed by atoms with Crippen molar-refractivity contribution in [3.05, 3.63) is 64.1 Å².